The second-order valence-corrected chi connectivity index (χ2v) is 17.9. The Morgan fingerprint density at radius 1 is 0.242 bits per heavy atom. The average Bonchev–Trinajstić information content (AvgIpc) is 3.88. The van der Waals surface area contributed by atoms with Crippen molar-refractivity contribution in [3.63, 3.8) is 0 Å². The van der Waals surface area contributed by atoms with Crippen LogP contribution in [-0.2, 0) is 0 Å². The van der Waals surface area contributed by atoms with Gasteiger partial charge in [-0.05, 0) is 154 Å². The maximum atomic E-state index is 2.44. The van der Waals surface area contributed by atoms with Crippen LogP contribution in [-0.4, -0.2) is 9.13 Å². The quantitative estimate of drug-likeness (QED) is 0.151. The molecule has 2 heteroatoms. The number of benzene rings is 10. The Hall–Kier alpha value is -8.20. The van der Waals surface area contributed by atoms with Gasteiger partial charge in [0.05, 0.1) is 22.1 Å². The van der Waals surface area contributed by atoms with Gasteiger partial charge in [-0.25, -0.2) is 0 Å². The summed E-state index contributed by atoms with van der Waals surface area (Å²) in [5.41, 5.74) is 24.5. The molecule has 0 unspecified atom stereocenters. The molecule has 0 saturated carbocycles. The molecule has 0 saturated heterocycles. The molecular formula is C64H48N2. The smallest absolute Gasteiger partial charge is 0.0547 e. The first-order valence-electron chi connectivity index (χ1n) is 23.0. The second-order valence-electron chi connectivity index (χ2n) is 17.9. The van der Waals surface area contributed by atoms with Gasteiger partial charge in [-0.3, -0.25) is 0 Å². The predicted molar refractivity (Wildman–Crippen MR) is 281 cm³/mol. The summed E-state index contributed by atoms with van der Waals surface area (Å²) < 4.78 is 4.88. The van der Waals surface area contributed by atoms with Crippen LogP contribution in [0, 0.1) is 27.7 Å². The molecule has 0 aliphatic rings. The summed E-state index contributed by atoms with van der Waals surface area (Å²) >= 11 is 0. The molecule has 2 heterocycles. The van der Waals surface area contributed by atoms with Crippen molar-refractivity contribution in [2.75, 3.05) is 0 Å². The van der Waals surface area contributed by atoms with E-state index in [1.165, 1.54) is 122 Å². The van der Waals surface area contributed by atoms with E-state index < -0.39 is 0 Å². The van der Waals surface area contributed by atoms with Crippen LogP contribution in [0.15, 0.2) is 218 Å². The lowest BCUT2D eigenvalue weighted by molar-refractivity contribution is 1.18. The lowest BCUT2D eigenvalue weighted by Gasteiger charge is -2.16. The Bertz CT molecular complexity index is 3590. The van der Waals surface area contributed by atoms with Gasteiger partial charge in [-0.15, -0.1) is 0 Å². The molecule has 12 rings (SSSR count). The Morgan fingerprint density at radius 2 is 0.576 bits per heavy atom. The van der Waals surface area contributed by atoms with Crippen molar-refractivity contribution in [1.82, 2.24) is 9.13 Å². The van der Waals surface area contributed by atoms with E-state index in [-0.39, 0.29) is 0 Å². The fourth-order valence-corrected chi connectivity index (χ4v) is 10.7. The van der Waals surface area contributed by atoms with Gasteiger partial charge in [0, 0.05) is 32.9 Å². The molecule has 0 fully saturated rings. The molecule has 0 aliphatic heterocycles. The van der Waals surface area contributed by atoms with Crippen molar-refractivity contribution >= 4 is 43.6 Å². The largest absolute Gasteiger partial charge is 0.309 e. The third kappa shape index (κ3) is 6.40. The lowest BCUT2D eigenvalue weighted by atomic mass is 9.89. The topological polar surface area (TPSA) is 9.86 Å². The van der Waals surface area contributed by atoms with E-state index in [4.69, 9.17) is 0 Å². The SMILES string of the molecule is Cc1ccccc1-c1ccc2c3c(C)cccc3n(-c3ccc(-c4ccccc4-c4ccccc4-c4ccc(-n5c6cc(-c7ccccc7C)ccc6c6c(C)cccc65)cc4)cc3)c2c1. The van der Waals surface area contributed by atoms with Crippen molar-refractivity contribution in [2.24, 2.45) is 0 Å². The van der Waals surface area contributed by atoms with E-state index in [1.807, 2.05) is 0 Å². The van der Waals surface area contributed by atoms with Gasteiger partial charge in [-0.1, -0.05) is 170 Å². The van der Waals surface area contributed by atoms with Gasteiger partial charge in [0.25, 0.3) is 0 Å². The molecule has 0 amide bonds. The average molecular weight is 845 g/mol. The Labute approximate surface area is 386 Å². The molecule has 10 aromatic carbocycles. The summed E-state index contributed by atoms with van der Waals surface area (Å²) in [4.78, 5) is 0. The van der Waals surface area contributed by atoms with Crippen LogP contribution in [0.5, 0.6) is 0 Å². The summed E-state index contributed by atoms with van der Waals surface area (Å²) in [6, 6.07) is 80.6. The minimum absolute atomic E-state index is 1.15. The number of rotatable bonds is 7. The first kappa shape index (κ1) is 39.4. The van der Waals surface area contributed by atoms with E-state index in [0.717, 1.165) is 11.4 Å². The number of hydrogen-bond donors (Lipinski definition) is 0. The highest BCUT2D eigenvalue weighted by Gasteiger charge is 2.19. The highest BCUT2D eigenvalue weighted by Crippen LogP contribution is 2.42. The summed E-state index contributed by atoms with van der Waals surface area (Å²) in [6.07, 6.45) is 0. The van der Waals surface area contributed by atoms with Crippen molar-refractivity contribution in [3.8, 4) is 67.0 Å². The Morgan fingerprint density at radius 3 is 0.970 bits per heavy atom. The van der Waals surface area contributed by atoms with E-state index in [1.54, 1.807) is 0 Å². The third-order valence-electron chi connectivity index (χ3n) is 13.9. The van der Waals surface area contributed by atoms with Crippen molar-refractivity contribution < 1.29 is 0 Å². The van der Waals surface area contributed by atoms with Gasteiger partial charge in [0.1, 0.15) is 0 Å². The number of nitrogens with zero attached hydrogens (tertiary/aromatic N) is 2. The van der Waals surface area contributed by atoms with Gasteiger partial charge in [0.2, 0.25) is 0 Å². The summed E-state index contributed by atoms with van der Waals surface area (Å²) in [5, 5.41) is 5.16. The predicted octanol–water partition coefficient (Wildman–Crippen LogP) is 17.4. The molecule has 0 atom stereocenters. The van der Waals surface area contributed by atoms with Gasteiger partial charge < -0.3 is 9.13 Å². The molecular weight excluding hydrogens is 797 g/mol. The van der Waals surface area contributed by atoms with E-state index in [9.17, 15) is 0 Å². The van der Waals surface area contributed by atoms with Crippen LogP contribution < -0.4 is 0 Å². The highest BCUT2D eigenvalue weighted by molar-refractivity contribution is 6.13. The van der Waals surface area contributed by atoms with Crippen LogP contribution >= 0.6 is 0 Å². The zero-order valence-corrected chi connectivity index (χ0v) is 37.7. The number of aromatic nitrogens is 2. The minimum Gasteiger partial charge on any atom is -0.309 e. The standard InChI is InChI=1S/C64H48N2/c1-41-15-5-7-19-51(41)47-31-37-57-61(39-47)65(59-25-13-17-43(3)63(57)59)49-33-27-45(28-34-49)53-21-9-11-23-55(53)56-24-12-10-22-54(56)46-29-35-50(36-30-46)66-60-26-14-18-44(4)64(60)58-38-32-48(40-62(58)66)52-20-8-6-16-42(52)2/h5-40H,1-4H3. The summed E-state index contributed by atoms with van der Waals surface area (Å²) in [5.74, 6) is 0. The van der Waals surface area contributed by atoms with Gasteiger partial charge in [0.15, 0.2) is 0 Å². The van der Waals surface area contributed by atoms with Gasteiger partial charge >= 0.3 is 0 Å². The first-order chi connectivity index (χ1) is 32.4. The molecule has 66 heavy (non-hydrogen) atoms. The van der Waals surface area contributed by atoms with Crippen molar-refractivity contribution in [2.45, 2.75) is 27.7 Å². The molecule has 0 spiro atoms. The summed E-state index contributed by atoms with van der Waals surface area (Å²) in [7, 11) is 0. The minimum atomic E-state index is 1.15. The molecule has 0 aliphatic carbocycles. The second kappa shape index (κ2) is 15.8. The maximum absolute atomic E-state index is 2.44. The van der Waals surface area contributed by atoms with Crippen LogP contribution in [0.4, 0.5) is 0 Å². The van der Waals surface area contributed by atoms with Gasteiger partial charge in [-0.2, -0.15) is 0 Å². The van der Waals surface area contributed by atoms with Crippen LogP contribution in [0.25, 0.3) is 111 Å². The zero-order valence-electron chi connectivity index (χ0n) is 37.7. The first-order valence-corrected chi connectivity index (χ1v) is 23.0. The van der Waals surface area contributed by atoms with Crippen LogP contribution in [0.3, 0.4) is 0 Å². The monoisotopic (exact) mass is 844 g/mol. The Kier molecular flexibility index (Phi) is 9.43. The summed E-state index contributed by atoms with van der Waals surface area (Å²) in [6.45, 7) is 8.84. The third-order valence-corrected chi connectivity index (χ3v) is 13.9. The highest BCUT2D eigenvalue weighted by atomic mass is 15.0. The lowest BCUT2D eigenvalue weighted by Crippen LogP contribution is -1.95. The fraction of sp³-hybridized carbons (Fsp3) is 0.0625. The number of fused-ring (bicyclic) bond motifs is 6. The molecule has 314 valence electrons. The van der Waals surface area contributed by atoms with Crippen LogP contribution in [0.2, 0.25) is 0 Å². The number of aryl methyl sites for hydroxylation is 4. The fourth-order valence-electron chi connectivity index (χ4n) is 10.7. The molecule has 2 aromatic heterocycles. The van der Waals surface area contributed by atoms with E-state index in [0.29, 0.717) is 0 Å². The molecule has 12 aromatic rings. The molecule has 0 N–H and O–H groups in total. The number of hydrogen-bond acceptors (Lipinski definition) is 0. The Balaban J connectivity index is 0.929. The van der Waals surface area contributed by atoms with Crippen molar-refractivity contribution in [1.29, 1.82) is 0 Å². The molecule has 2 nitrogen and oxygen atoms in total. The molecule has 0 bridgehead atoms. The normalized spacial score (nSPS) is 11.6. The van der Waals surface area contributed by atoms with Crippen LogP contribution in [0.1, 0.15) is 22.3 Å². The van der Waals surface area contributed by atoms with E-state index in [2.05, 4.69) is 255 Å². The molecule has 0 radical (unpaired) electrons. The van der Waals surface area contributed by atoms with E-state index >= 15 is 0 Å². The zero-order chi connectivity index (χ0) is 44.5. The maximum Gasteiger partial charge on any atom is 0.0547 e. The van der Waals surface area contributed by atoms with Crippen molar-refractivity contribution in [3.05, 3.63) is 241 Å².